The number of benzene rings is 1. The van der Waals surface area contributed by atoms with Crippen LogP contribution < -0.4 is 5.73 Å². The normalized spacial score (nSPS) is 24.8. The van der Waals surface area contributed by atoms with E-state index in [-0.39, 0.29) is 23.8 Å². The first-order chi connectivity index (χ1) is 12.1. The van der Waals surface area contributed by atoms with Crippen molar-refractivity contribution in [2.24, 2.45) is 5.92 Å². The predicted octanol–water partition coefficient (Wildman–Crippen LogP) is 2.75. The highest BCUT2D eigenvalue weighted by Crippen LogP contribution is 2.32. The van der Waals surface area contributed by atoms with Gasteiger partial charge >= 0.3 is 0 Å². The number of ketones is 1. The van der Waals surface area contributed by atoms with Crippen molar-refractivity contribution < 1.29 is 9.90 Å². The van der Waals surface area contributed by atoms with Crippen LogP contribution in [0.3, 0.4) is 0 Å². The number of rotatable bonds is 3. The number of fused-ring (bicyclic) bond motifs is 1. The standard InChI is InChI=1S/C20H24N2O2S/c21-16-4-1-3-14-11-18(23)17(12-15(14)16)22-8-6-13(7-9-22)20(24)19-5-2-10-25-19/h1-5,10,13,17-18,23H,6-9,11-12,21H2/t17-,18-/m1/s1. The zero-order valence-corrected chi connectivity index (χ0v) is 15.0. The Hall–Kier alpha value is -1.69. The van der Waals surface area contributed by atoms with Crippen molar-refractivity contribution in [2.45, 2.75) is 37.8 Å². The first-order valence-corrected chi connectivity index (χ1v) is 9.87. The Morgan fingerprint density at radius 3 is 2.68 bits per heavy atom. The lowest BCUT2D eigenvalue weighted by atomic mass is 9.82. The van der Waals surface area contributed by atoms with Gasteiger partial charge in [-0.05, 0) is 61.0 Å². The Kier molecular flexibility index (Phi) is 4.63. The second kappa shape index (κ2) is 6.90. The van der Waals surface area contributed by atoms with Crippen molar-refractivity contribution in [3.05, 3.63) is 51.7 Å². The number of carbonyl (C=O) groups excluding carboxylic acids is 1. The summed E-state index contributed by atoms with van der Waals surface area (Å²) in [5, 5.41) is 12.6. The maximum Gasteiger partial charge on any atom is 0.175 e. The number of nitrogens with zero attached hydrogens (tertiary/aromatic N) is 1. The van der Waals surface area contributed by atoms with Gasteiger partial charge in [0.15, 0.2) is 5.78 Å². The average molecular weight is 356 g/mol. The highest BCUT2D eigenvalue weighted by Gasteiger charge is 2.35. The Bertz CT molecular complexity index is 751. The fraction of sp³-hybridized carbons (Fsp3) is 0.450. The quantitative estimate of drug-likeness (QED) is 0.656. The van der Waals surface area contributed by atoms with Crippen LogP contribution in [0.4, 0.5) is 5.69 Å². The number of aliphatic hydroxyl groups is 1. The zero-order valence-electron chi connectivity index (χ0n) is 14.2. The van der Waals surface area contributed by atoms with Crippen molar-refractivity contribution in [3.63, 3.8) is 0 Å². The van der Waals surface area contributed by atoms with Crippen LogP contribution in [0.25, 0.3) is 0 Å². The van der Waals surface area contributed by atoms with Gasteiger partial charge in [-0.2, -0.15) is 0 Å². The first-order valence-electron chi connectivity index (χ1n) is 8.99. The van der Waals surface area contributed by atoms with Gasteiger partial charge in [-0.15, -0.1) is 11.3 Å². The Labute approximate surface area is 152 Å². The maximum absolute atomic E-state index is 12.5. The molecule has 1 fully saturated rings. The molecule has 132 valence electrons. The molecule has 0 saturated carbocycles. The number of carbonyl (C=O) groups is 1. The lowest BCUT2D eigenvalue weighted by Gasteiger charge is -2.42. The summed E-state index contributed by atoms with van der Waals surface area (Å²) in [6.07, 6.45) is 2.85. The van der Waals surface area contributed by atoms with Crippen LogP contribution in [0.5, 0.6) is 0 Å². The van der Waals surface area contributed by atoms with E-state index in [2.05, 4.69) is 11.0 Å². The number of hydrogen-bond donors (Lipinski definition) is 2. The molecule has 4 rings (SSSR count). The summed E-state index contributed by atoms with van der Waals surface area (Å²) < 4.78 is 0. The Balaban J connectivity index is 1.42. The molecule has 4 nitrogen and oxygen atoms in total. The number of nitrogen functional groups attached to an aromatic ring is 1. The highest BCUT2D eigenvalue weighted by atomic mass is 32.1. The molecule has 0 radical (unpaired) electrons. The Morgan fingerprint density at radius 2 is 1.96 bits per heavy atom. The number of anilines is 1. The summed E-state index contributed by atoms with van der Waals surface area (Å²) >= 11 is 1.53. The third kappa shape index (κ3) is 3.24. The largest absolute Gasteiger partial charge is 0.398 e. The zero-order chi connectivity index (χ0) is 17.4. The lowest BCUT2D eigenvalue weighted by Crippen LogP contribution is -2.51. The van der Waals surface area contributed by atoms with Gasteiger partial charge in [0.1, 0.15) is 0 Å². The van der Waals surface area contributed by atoms with Gasteiger partial charge in [0, 0.05) is 24.1 Å². The van der Waals surface area contributed by atoms with Crippen LogP contribution >= 0.6 is 11.3 Å². The molecular formula is C20H24N2O2S. The van der Waals surface area contributed by atoms with E-state index in [1.807, 2.05) is 29.6 Å². The molecule has 2 aromatic rings. The smallest absolute Gasteiger partial charge is 0.175 e. The van der Waals surface area contributed by atoms with Crippen molar-refractivity contribution in [2.75, 3.05) is 18.8 Å². The third-order valence-electron chi connectivity index (χ3n) is 5.73. The molecule has 0 bridgehead atoms. The Morgan fingerprint density at radius 1 is 1.16 bits per heavy atom. The molecule has 1 aliphatic heterocycles. The first kappa shape index (κ1) is 16.8. The van der Waals surface area contributed by atoms with Crippen molar-refractivity contribution in [1.29, 1.82) is 0 Å². The summed E-state index contributed by atoms with van der Waals surface area (Å²) in [6.45, 7) is 1.73. The molecule has 25 heavy (non-hydrogen) atoms. The van der Waals surface area contributed by atoms with E-state index in [0.29, 0.717) is 6.42 Å². The molecule has 1 aliphatic carbocycles. The van der Waals surface area contributed by atoms with E-state index in [0.717, 1.165) is 42.9 Å². The SMILES string of the molecule is Nc1cccc2c1C[C@@H](N1CCC(C(=O)c3cccs3)CC1)[C@H](O)C2. The average Bonchev–Trinajstić information content (AvgIpc) is 3.16. The summed E-state index contributed by atoms with van der Waals surface area (Å²) in [6, 6.07) is 9.94. The van der Waals surface area contributed by atoms with Gasteiger partial charge in [0.25, 0.3) is 0 Å². The molecule has 0 spiro atoms. The van der Waals surface area contributed by atoms with Crippen LogP contribution in [0, 0.1) is 5.92 Å². The molecular weight excluding hydrogens is 332 g/mol. The van der Waals surface area contributed by atoms with Crippen LogP contribution in [-0.2, 0) is 12.8 Å². The van der Waals surface area contributed by atoms with Crippen molar-refractivity contribution >= 4 is 22.8 Å². The molecule has 0 unspecified atom stereocenters. The summed E-state index contributed by atoms with van der Waals surface area (Å²) in [7, 11) is 0. The number of piperidine rings is 1. The van der Waals surface area contributed by atoms with Gasteiger partial charge < -0.3 is 10.8 Å². The van der Waals surface area contributed by atoms with Crippen LogP contribution in [-0.4, -0.2) is 41.0 Å². The van der Waals surface area contributed by atoms with E-state index < -0.39 is 0 Å². The van der Waals surface area contributed by atoms with Crippen LogP contribution in [0.2, 0.25) is 0 Å². The minimum Gasteiger partial charge on any atom is -0.398 e. The molecule has 1 saturated heterocycles. The highest BCUT2D eigenvalue weighted by molar-refractivity contribution is 7.12. The van der Waals surface area contributed by atoms with E-state index in [9.17, 15) is 9.90 Å². The van der Waals surface area contributed by atoms with E-state index in [1.54, 1.807) is 0 Å². The number of hydrogen-bond acceptors (Lipinski definition) is 5. The summed E-state index contributed by atoms with van der Waals surface area (Å²) in [5.41, 5.74) is 9.34. The molecule has 2 heterocycles. The van der Waals surface area contributed by atoms with Gasteiger partial charge in [0.2, 0.25) is 0 Å². The fourth-order valence-electron chi connectivity index (χ4n) is 4.29. The topological polar surface area (TPSA) is 66.6 Å². The van der Waals surface area contributed by atoms with Gasteiger partial charge in [0.05, 0.1) is 11.0 Å². The third-order valence-corrected chi connectivity index (χ3v) is 6.61. The number of aliphatic hydroxyl groups excluding tert-OH is 1. The second-order valence-corrected chi connectivity index (χ2v) is 8.13. The number of likely N-dealkylation sites (tertiary alicyclic amines) is 1. The lowest BCUT2D eigenvalue weighted by molar-refractivity contribution is 0.0241. The summed E-state index contributed by atoms with van der Waals surface area (Å²) in [5.74, 6) is 0.404. The number of nitrogens with two attached hydrogens (primary N) is 1. The molecule has 1 aromatic carbocycles. The van der Waals surface area contributed by atoms with E-state index in [1.165, 1.54) is 22.5 Å². The van der Waals surface area contributed by atoms with Gasteiger partial charge in [-0.25, -0.2) is 0 Å². The minimum absolute atomic E-state index is 0.106. The molecule has 3 N–H and O–H groups in total. The van der Waals surface area contributed by atoms with Gasteiger partial charge in [-0.3, -0.25) is 9.69 Å². The van der Waals surface area contributed by atoms with Crippen LogP contribution in [0.15, 0.2) is 35.7 Å². The van der Waals surface area contributed by atoms with E-state index >= 15 is 0 Å². The minimum atomic E-state index is -0.362. The molecule has 1 aromatic heterocycles. The maximum atomic E-state index is 12.5. The molecule has 2 atom stereocenters. The molecule has 5 heteroatoms. The monoisotopic (exact) mass is 356 g/mol. The fourth-order valence-corrected chi connectivity index (χ4v) is 5.03. The van der Waals surface area contributed by atoms with Crippen molar-refractivity contribution in [3.8, 4) is 0 Å². The summed E-state index contributed by atoms with van der Waals surface area (Å²) in [4.78, 5) is 15.8. The van der Waals surface area contributed by atoms with Gasteiger partial charge in [-0.1, -0.05) is 18.2 Å². The van der Waals surface area contributed by atoms with Crippen molar-refractivity contribution in [1.82, 2.24) is 4.90 Å². The number of thiophene rings is 1. The van der Waals surface area contributed by atoms with E-state index in [4.69, 9.17) is 5.73 Å². The molecule has 2 aliphatic rings. The second-order valence-electron chi connectivity index (χ2n) is 7.18. The number of Topliss-reactive ketones (excluding diaryl/α,β-unsaturated/α-hetero) is 1. The van der Waals surface area contributed by atoms with Crippen LogP contribution in [0.1, 0.15) is 33.6 Å². The predicted molar refractivity (Wildman–Crippen MR) is 101 cm³/mol. The molecule has 0 amide bonds.